The highest BCUT2D eigenvalue weighted by Gasteiger charge is 2.33. The van der Waals surface area contributed by atoms with Crippen molar-refractivity contribution in [3.63, 3.8) is 0 Å². The van der Waals surface area contributed by atoms with Gasteiger partial charge in [-0.05, 0) is 49.4 Å². The molecule has 0 spiro atoms. The lowest BCUT2D eigenvalue weighted by atomic mass is 10.1. The maximum Gasteiger partial charge on any atom is 0.255 e. The van der Waals surface area contributed by atoms with Crippen molar-refractivity contribution in [3.8, 4) is 5.75 Å². The third-order valence-corrected chi connectivity index (χ3v) is 7.83. The summed E-state index contributed by atoms with van der Waals surface area (Å²) >= 11 is 0. The van der Waals surface area contributed by atoms with Crippen LogP contribution in [0.2, 0.25) is 0 Å². The zero-order valence-electron chi connectivity index (χ0n) is 17.7. The third-order valence-electron chi connectivity index (χ3n) is 5.79. The van der Waals surface area contributed by atoms with Crippen molar-refractivity contribution in [2.24, 2.45) is 0 Å². The molecular weight excluding hydrogens is 412 g/mol. The fourth-order valence-corrected chi connectivity index (χ4v) is 5.99. The number of carbonyl (C=O) groups is 1. The highest BCUT2D eigenvalue weighted by molar-refractivity contribution is 7.89. The van der Waals surface area contributed by atoms with Crippen molar-refractivity contribution < 1.29 is 17.9 Å². The largest absolute Gasteiger partial charge is 0.495 e. The van der Waals surface area contributed by atoms with Crippen molar-refractivity contribution in [1.82, 2.24) is 4.31 Å². The number of nitrogens with one attached hydrogen (secondary N) is 1. The number of nitrogens with zero attached hydrogens (tertiary/aromatic N) is 1. The molecule has 1 heterocycles. The average molecular weight is 439 g/mol. The molecular formula is C24H26N2O4S. The van der Waals surface area contributed by atoms with Gasteiger partial charge in [0.05, 0.1) is 7.11 Å². The summed E-state index contributed by atoms with van der Waals surface area (Å²) in [5, 5.41) is 4.85. The Bertz CT molecular complexity index is 1220. The molecule has 1 aliphatic heterocycles. The number of sulfonamides is 1. The Balaban J connectivity index is 1.69. The lowest BCUT2D eigenvalue weighted by molar-refractivity contribution is 0.102. The molecule has 1 aliphatic rings. The Hall–Kier alpha value is -2.90. The molecule has 1 N–H and O–H groups in total. The first kappa shape index (κ1) is 21.3. The number of amides is 1. The van der Waals surface area contributed by atoms with Gasteiger partial charge >= 0.3 is 0 Å². The minimum absolute atomic E-state index is 0.0225. The van der Waals surface area contributed by atoms with Crippen molar-refractivity contribution in [1.29, 1.82) is 0 Å². The monoisotopic (exact) mass is 438 g/mol. The molecule has 0 aliphatic carbocycles. The molecule has 7 heteroatoms. The van der Waals surface area contributed by atoms with Gasteiger partial charge in [0.25, 0.3) is 5.91 Å². The number of benzene rings is 3. The van der Waals surface area contributed by atoms with Crippen molar-refractivity contribution in [3.05, 3.63) is 66.2 Å². The van der Waals surface area contributed by atoms with E-state index in [4.69, 9.17) is 4.74 Å². The minimum atomic E-state index is -3.79. The van der Waals surface area contributed by atoms with E-state index in [9.17, 15) is 13.2 Å². The lowest BCUT2D eigenvalue weighted by Gasteiger charge is -2.32. The Kier molecular flexibility index (Phi) is 5.98. The van der Waals surface area contributed by atoms with Crippen LogP contribution in [0.1, 0.15) is 36.5 Å². The van der Waals surface area contributed by atoms with E-state index in [1.54, 1.807) is 12.1 Å². The first-order chi connectivity index (χ1) is 14.9. The predicted octanol–water partition coefficient (Wildman–Crippen LogP) is 4.66. The van der Waals surface area contributed by atoms with Crippen LogP contribution < -0.4 is 10.1 Å². The molecule has 4 rings (SSSR count). The number of hydrogen-bond donors (Lipinski definition) is 1. The molecule has 1 amide bonds. The highest BCUT2D eigenvalue weighted by atomic mass is 32.2. The summed E-state index contributed by atoms with van der Waals surface area (Å²) in [5.74, 6) is -0.137. The first-order valence-electron chi connectivity index (χ1n) is 10.4. The van der Waals surface area contributed by atoms with Gasteiger partial charge < -0.3 is 10.1 Å². The van der Waals surface area contributed by atoms with Gasteiger partial charge in [-0.25, -0.2) is 8.42 Å². The second kappa shape index (κ2) is 8.69. The van der Waals surface area contributed by atoms with Gasteiger partial charge in [-0.3, -0.25) is 4.79 Å². The second-order valence-corrected chi connectivity index (χ2v) is 9.67. The third kappa shape index (κ3) is 4.16. The molecule has 0 aromatic heterocycles. The smallest absolute Gasteiger partial charge is 0.255 e. The molecule has 0 saturated carbocycles. The SMILES string of the molecule is COc1ccc(C(=O)Nc2cccc3ccccc23)cc1S(=O)(=O)N1CCCCC1C. The maximum absolute atomic E-state index is 13.4. The molecule has 1 saturated heterocycles. The summed E-state index contributed by atoms with van der Waals surface area (Å²) in [6.45, 7) is 2.39. The molecule has 1 atom stereocenters. The number of methoxy groups -OCH3 is 1. The van der Waals surface area contributed by atoms with Gasteiger partial charge in [0.1, 0.15) is 10.6 Å². The number of ether oxygens (including phenoxy) is 1. The molecule has 6 nitrogen and oxygen atoms in total. The van der Waals surface area contributed by atoms with Crippen LogP contribution in [0.25, 0.3) is 10.8 Å². The van der Waals surface area contributed by atoms with Crippen LogP contribution >= 0.6 is 0 Å². The van der Waals surface area contributed by atoms with Crippen LogP contribution in [-0.2, 0) is 10.0 Å². The van der Waals surface area contributed by atoms with E-state index in [1.807, 2.05) is 49.4 Å². The Morgan fingerprint density at radius 3 is 2.61 bits per heavy atom. The van der Waals surface area contributed by atoms with Crippen molar-refractivity contribution in [2.75, 3.05) is 19.0 Å². The number of fused-ring (bicyclic) bond motifs is 1. The topological polar surface area (TPSA) is 75.7 Å². The fourth-order valence-electron chi connectivity index (χ4n) is 4.10. The quantitative estimate of drug-likeness (QED) is 0.628. The van der Waals surface area contributed by atoms with Crippen LogP contribution in [0.5, 0.6) is 5.75 Å². The Morgan fingerprint density at radius 1 is 1.06 bits per heavy atom. The van der Waals surface area contributed by atoms with Crippen molar-refractivity contribution in [2.45, 2.75) is 37.1 Å². The van der Waals surface area contributed by atoms with E-state index in [-0.39, 0.29) is 28.2 Å². The van der Waals surface area contributed by atoms with Gasteiger partial charge in [-0.1, -0.05) is 42.8 Å². The zero-order valence-corrected chi connectivity index (χ0v) is 18.5. The number of carbonyl (C=O) groups excluding carboxylic acids is 1. The number of rotatable bonds is 5. The lowest BCUT2D eigenvalue weighted by Crippen LogP contribution is -2.42. The summed E-state index contributed by atoms with van der Waals surface area (Å²) in [7, 11) is -2.35. The molecule has 3 aromatic carbocycles. The summed E-state index contributed by atoms with van der Waals surface area (Å²) in [6.07, 6.45) is 2.66. The number of hydrogen-bond acceptors (Lipinski definition) is 4. The predicted molar refractivity (Wildman–Crippen MR) is 122 cm³/mol. The van der Waals surface area contributed by atoms with Crippen molar-refractivity contribution >= 4 is 32.4 Å². The van der Waals surface area contributed by atoms with Crippen LogP contribution in [0, 0.1) is 0 Å². The normalized spacial score (nSPS) is 17.4. The summed E-state index contributed by atoms with van der Waals surface area (Å²) < 4.78 is 33.6. The summed E-state index contributed by atoms with van der Waals surface area (Å²) in [6, 6.07) is 17.9. The summed E-state index contributed by atoms with van der Waals surface area (Å²) in [4.78, 5) is 13.0. The van der Waals surface area contributed by atoms with Gasteiger partial charge in [-0.2, -0.15) is 4.31 Å². The van der Waals surface area contributed by atoms with Crippen LogP contribution in [-0.4, -0.2) is 38.3 Å². The summed E-state index contributed by atoms with van der Waals surface area (Å²) in [5.41, 5.74) is 0.935. The van der Waals surface area contributed by atoms with E-state index < -0.39 is 10.0 Å². The number of anilines is 1. The molecule has 1 unspecified atom stereocenters. The Labute approximate surface area is 182 Å². The van der Waals surface area contributed by atoms with E-state index in [0.717, 1.165) is 30.0 Å². The van der Waals surface area contributed by atoms with E-state index in [1.165, 1.54) is 17.5 Å². The molecule has 0 bridgehead atoms. The standard InChI is InChI=1S/C24H26N2O4S/c1-17-8-5-6-15-26(17)31(28,29)23-16-19(13-14-22(23)30-2)24(27)25-21-12-7-10-18-9-3-4-11-20(18)21/h3-4,7,9-14,16-17H,5-6,8,15H2,1-2H3,(H,25,27). The second-order valence-electron chi connectivity index (χ2n) is 7.81. The van der Waals surface area contributed by atoms with E-state index in [2.05, 4.69) is 5.32 Å². The molecule has 1 fully saturated rings. The highest BCUT2D eigenvalue weighted by Crippen LogP contribution is 2.32. The van der Waals surface area contributed by atoms with Gasteiger partial charge in [0, 0.05) is 29.2 Å². The van der Waals surface area contributed by atoms with Crippen LogP contribution in [0.4, 0.5) is 5.69 Å². The van der Waals surface area contributed by atoms with E-state index in [0.29, 0.717) is 12.2 Å². The average Bonchev–Trinajstić information content (AvgIpc) is 2.79. The molecule has 3 aromatic rings. The molecule has 162 valence electrons. The van der Waals surface area contributed by atoms with Gasteiger partial charge in [0.15, 0.2) is 0 Å². The first-order valence-corrected chi connectivity index (χ1v) is 11.8. The molecule has 31 heavy (non-hydrogen) atoms. The molecule has 0 radical (unpaired) electrons. The maximum atomic E-state index is 13.4. The minimum Gasteiger partial charge on any atom is -0.495 e. The van der Waals surface area contributed by atoms with E-state index >= 15 is 0 Å². The Morgan fingerprint density at radius 2 is 1.84 bits per heavy atom. The van der Waals surface area contributed by atoms with Gasteiger partial charge in [-0.15, -0.1) is 0 Å². The fraction of sp³-hybridized carbons (Fsp3) is 0.292. The van der Waals surface area contributed by atoms with Crippen LogP contribution in [0.15, 0.2) is 65.6 Å². The number of piperidine rings is 1. The zero-order chi connectivity index (χ0) is 22.0. The van der Waals surface area contributed by atoms with Crippen LogP contribution in [0.3, 0.4) is 0 Å². The van der Waals surface area contributed by atoms with Gasteiger partial charge in [0.2, 0.25) is 10.0 Å².